The molecule has 0 aliphatic heterocycles. The molecule has 1 nitrogen and oxygen atoms in total. The van der Waals surface area contributed by atoms with Gasteiger partial charge in [0, 0.05) is 0 Å². The van der Waals surface area contributed by atoms with Crippen LogP contribution in [0.15, 0.2) is 12.2 Å². The smallest absolute Gasteiger partial charge is 0.0351 e. The minimum absolute atomic E-state index is 0. The zero-order valence-electron chi connectivity index (χ0n) is 7.52. The van der Waals surface area contributed by atoms with Crippen molar-refractivity contribution in [2.24, 2.45) is 0 Å². The molecule has 0 aromatic rings. The lowest BCUT2D eigenvalue weighted by molar-refractivity contribution is 0.592. The maximum absolute atomic E-state index is 2.35. The molecule has 0 fully saturated rings. The van der Waals surface area contributed by atoms with Crippen LogP contribution in [0.2, 0.25) is 0 Å². The number of rotatable bonds is 0. The van der Waals surface area contributed by atoms with Crippen LogP contribution < -0.4 is 6.15 Å². The summed E-state index contributed by atoms with van der Waals surface area (Å²) in [4.78, 5) is 0. The van der Waals surface area contributed by atoms with Gasteiger partial charge in [0.1, 0.15) is 0 Å². The Hall–Kier alpha value is -0.300. The summed E-state index contributed by atoms with van der Waals surface area (Å²) in [5.74, 6) is 0. The highest BCUT2D eigenvalue weighted by Crippen LogP contribution is 2.11. The molecule has 11 heavy (non-hydrogen) atoms. The maximum atomic E-state index is 2.35. The molecule has 0 aromatic heterocycles. The van der Waals surface area contributed by atoms with E-state index in [2.05, 4.69) is 12.2 Å². The highest BCUT2D eigenvalue weighted by atomic mass is 14.0. The van der Waals surface area contributed by atoms with Crippen molar-refractivity contribution in [2.45, 2.75) is 51.4 Å². The normalized spacial score (nSPS) is 20.4. The molecule has 1 heteroatoms. The average Bonchev–Trinajstić information content (AvgIpc) is 2.01. The van der Waals surface area contributed by atoms with Gasteiger partial charge in [0.15, 0.2) is 0 Å². The second kappa shape index (κ2) is 7.80. The van der Waals surface area contributed by atoms with Gasteiger partial charge in [-0.3, -0.25) is 0 Å². The molecule has 66 valence electrons. The largest absolute Gasteiger partial charge is 0.344 e. The van der Waals surface area contributed by atoms with Gasteiger partial charge in [0.05, 0.1) is 0 Å². The quantitative estimate of drug-likeness (QED) is 0.530. The molecule has 1 aliphatic carbocycles. The van der Waals surface area contributed by atoms with Crippen LogP contribution in [0.5, 0.6) is 0 Å². The first kappa shape index (κ1) is 10.7. The van der Waals surface area contributed by atoms with Gasteiger partial charge < -0.3 is 6.15 Å². The summed E-state index contributed by atoms with van der Waals surface area (Å²) < 4.78 is 0. The number of hydrogen-bond donors (Lipinski definition) is 1. The lowest BCUT2D eigenvalue weighted by Gasteiger charge is -2.01. The molecule has 1 aliphatic rings. The Balaban J connectivity index is 0.000001000. The van der Waals surface area contributed by atoms with Crippen molar-refractivity contribution in [2.75, 3.05) is 0 Å². The summed E-state index contributed by atoms with van der Waals surface area (Å²) in [5.41, 5.74) is 0. The van der Waals surface area contributed by atoms with Crippen LogP contribution in [0.4, 0.5) is 0 Å². The monoisotopic (exact) mass is 155 g/mol. The van der Waals surface area contributed by atoms with Crippen molar-refractivity contribution >= 4 is 0 Å². The predicted octanol–water partition coefficient (Wildman–Crippen LogP) is 3.84. The van der Waals surface area contributed by atoms with Crippen molar-refractivity contribution in [3.63, 3.8) is 0 Å². The van der Waals surface area contributed by atoms with Gasteiger partial charge in [-0.15, -0.1) is 0 Å². The molecule has 0 saturated carbocycles. The van der Waals surface area contributed by atoms with Crippen LogP contribution >= 0.6 is 0 Å². The van der Waals surface area contributed by atoms with Gasteiger partial charge in [-0.1, -0.05) is 37.8 Å². The van der Waals surface area contributed by atoms with E-state index in [0.717, 1.165) is 0 Å². The van der Waals surface area contributed by atoms with Gasteiger partial charge in [0.25, 0.3) is 0 Å². The molecular formula is C10H21N. The fourth-order valence-corrected chi connectivity index (χ4v) is 1.47. The van der Waals surface area contributed by atoms with Crippen LogP contribution in [-0.2, 0) is 0 Å². The van der Waals surface area contributed by atoms with E-state index < -0.39 is 0 Å². The fraction of sp³-hybridized carbons (Fsp3) is 0.800. The summed E-state index contributed by atoms with van der Waals surface area (Å²) in [7, 11) is 0. The average molecular weight is 155 g/mol. The Bertz CT molecular complexity index is 85.0. The van der Waals surface area contributed by atoms with Crippen LogP contribution in [0.1, 0.15) is 51.4 Å². The lowest BCUT2D eigenvalue weighted by atomic mass is 10.1. The lowest BCUT2D eigenvalue weighted by Crippen LogP contribution is -1.81. The van der Waals surface area contributed by atoms with Crippen LogP contribution in [0.3, 0.4) is 0 Å². The Morgan fingerprint density at radius 2 is 0.909 bits per heavy atom. The first-order valence-corrected chi connectivity index (χ1v) is 4.65. The minimum Gasteiger partial charge on any atom is -0.344 e. The fourth-order valence-electron chi connectivity index (χ4n) is 1.47. The summed E-state index contributed by atoms with van der Waals surface area (Å²) in [6, 6.07) is 0. The molecule has 0 atom stereocenters. The van der Waals surface area contributed by atoms with Crippen LogP contribution in [0.25, 0.3) is 0 Å². The standard InChI is InChI=1S/C10H18.H3N/c1-2-4-6-8-10-9-7-5-3-1;/h1-2H,3-10H2;1H3. The third-order valence-corrected chi connectivity index (χ3v) is 2.16. The van der Waals surface area contributed by atoms with Gasteiger partial charge in [-0.25, -0.2) is 0 Å². The molecule has 3 N–H and O–H groups in total. The Morgan fingerprint density at radius 1 is 0.545 bits per heavy atom. The van der Waals surface area contributed by atoms with Crippen molar-refractivity contribution in [3.05, 3.63) is 12.2 Å². The SMILES string of the molecule is C1=CCCCCCCCC1.N. The number of hydrogen-bond acceptors (Lipinski definition) is 1. The van der Waals surface area contributed by atoms with E-state index in [4.69, 9.17) is 0 Å². The second-order valence-electron chi connectivity index (χ2n) is 3.17. The zero-order chi connectivity index (χ0) is 7.07. The molecule has 0 radical (unpaired) electrons. The molecule has 0 saturated heterocycles. The summed E-state index contributed by atoms with van der Waals surface area (Å²) in [6.07, 6.45) is 16.0. The Morgan fingerprint density at radius 3 is 1.36 bits per heavy atom. The molecule has 0 unspecified atom stereocenters. The molecule has 0 spiro atoms. The summed E-state index contributed by atoms with van der Waals surface area (Å²) >= 11 is 0. The van der Waals surface area contributed by atoms with Crippen molar-refractivity contribution in [3.8, 4) is 0 Å². The number of allylic oxidation sites excluding steroid dienone is 2. The Labute approximate surface area is 70.5 Å². The third-order valence-electron chi connectivity index (χ3n) is 2.16. The molecule has 1 rings (SSSR count). The molecule has 0 bridgehead atoms. The molecule has 0 amide bonds. The van der Waals surface area contributed by atoms with Gasteiger partial charge in [0.2, 0.25) is 0 Å². The van der Waals surface area contributed by atoms with E-state index in [9.17, 15) is 0 Å². The summed E-state index contributed by atoms with van der Waals surface area (Å²) in [5, 5.41) is 0. The highest BCUT2D eigenvalue weighted by molar-refractivity contribution is 4.81. The molecular weight excluding hydrogens is 134 g/mol. The van der Waals surface area contributed by atoms with Gasteiger partial charge >= 0.3 is 0 Å². The maximum Gasteiger partial charge on any atom is -0.0351 e. The first-order chi connectivity index (χ1) is 5.00. The predicted molar refractivity (Wildman–Crippen MR) is 51.1 cm³/mol. The topological polar surface area (TPSA) is 35.0 Å². The van der Waals surface area contributed by atoms with E-state index in [0.29, 0.717) is 0 Å². The highest BCUT2D eigenvalue weighted by Gasteiger charge is 1.91. The van der Waals surface area contributed by atoms with E-state index in [1.54, 1.807) is 0 Å². The van der Waals surface area contributed by atoms with Crippen molar-refractivity contribution in [1.82, 2.24) is 6.15 Å². The third kappa shape index (κ3) is 6.11. The summed E-state index contributed by atoms with van der Waals surface area (Å²) in [6.45, 7) is 0. The van der Waals surface area contributed by atoms with E-state index in [1.165, 1.54) is 51.4 Å². The second-order valence-corrected chi connectivity index (χ2v) is 3.17. The van der Waals surface area contributed by atoms with E-state index in [-0.39, 0.29) is 6.15 Å². The van der Waals surface area contributed by atoms with Crippen LogP contribution in [0, 0.1) is 0 Å². The van der Waals surface area contributed by atoms with E-state index >= 15 is 0 Å². The van der Waals surface area contributed by atoms with E-state index in [1.807, 2.05) is 0 Å². The first-order valence-electron chi connectivity index (χ1n) is 4.65. The zero-order valence-corrected chi connectivity index (χ0v) is 7.52. The van der Waals surface area contributed by atoms with Gasteiger partial charge in [-0.2, -0.15) is 0 Å². The van der Waals surface area contributed by atoms with Crippen LogP contribution in [-0.4, -0.2) is 0 Å². The van der Waals surface area contributed by atoms with Crippen molar-refractivity contribution in [1.29, 1.82) is 0 Å². The van der Waals surface area contributed by atoms with Crippen molar-refractivity contribution < 1.29 is 0 Å². The molecule has 0 aromatic carbocycles. The molecule has 0 heterocycles. The minimum atomic E-state index is 0. The van der Waals surface area contributed by atoms with Gasteiger partial charge in [-0.05, 0) is 25.7 Å². The Kier molecular flexibility index (Phi) is 7.59.